The van der Waals surface area contributed by atoms with Crippen molar-refractivity contribution in [2.45, 2.75) is 38.7 Å². The molecular weight excluding hydrogens is 246 g/mol. The van der Waals surface area contributed by atoms with Gasteiger partial charge in [-0.15, -0.1) is 0 Å². The molecule has 0 saturated carbocycles. The van der Waals surface area contributed by atoms with E-state index in [9.17, 15) is 8.78 Å². The molecule has 0 saturated heterocycles. The Bertz CT molecular complexity index is 375. The predicted molar refractivity (Wildman–Crippen MR) is 75.3 cm³/mol. The van der Waals surface area contributed by atoms with Crippen LogP contribution in [-0.2, 0) is 5.92 Å². The van der Waals surface area contributed by atoms with Crippen molar-refractivity contribution in [1.29, 1.82) is 0 Å². The van der Waals surface area contributed by atoms with Gasteiger partial charge in [0.25, 0.3) is 5.92 Å². The molecule has 0 aromatic heterocycles. The van der Waals surface area contributed by atoms with Gasteiger partial charge < -0.3 is 5.73 Å². The summed E-state index contributed by atoms with van der Waals surface area (Å²) in [6.07, 6.45) is 0.752. The van der Waals surface area contributed by atoms with Crippen LogP contribution >= 0.6 is 0 Å². The van der Waals surface area contributed by atoms with Gasteiger partial charge in [-0.2, -0.15) is 8.78 Å². The second-order valence-corrected chi connectivity index (χ2v) is 5.14. The van der Waals surface area contributed by atoms with Gasteiger partial charge in [-0.25, -0.2) is 0 Å². The van der Waals surface area contributed by atoms with Crippen molar-refractivity contribution in [2.75, 3.05) is 19.6 Å². The summed E-state index contributed by atoms with van der Waals surface area (Å²) in [7, 11) is 0. The van der Waals surface area contributed by atoms with E-state index in [0.29, 0.717) is 13.1 Å². The fourth-order valence-electron chi connectivity index (χ4n) is 2.19. The molecule has 0 aliphatic carbocycles. The summed E-state index contributed by atoms with van der Waals surface area (Å²) in [5.41, 5.74) is 5.44. The number of hydrogen-bond acceptors (Lipinski definition) is 2. The van der Waals surface area contributed by atoms with Gasteiger partial charge in [0, 0.05) is 17.6 Å². The molecule has 4 heteroatoms. The molecule has 1 aromatic rings. The molecule has 0 aliphatic rings. The lowest BCUT2D eigenvalue weighted by molar-refractivity contribution is -0.0627. The molecule has 19 heavy (non-hydrogen) atoms. The lowest BCUT2D eigenvalue weighted by Gasteiger charge is -2.41. The van der Waals surface area contributed by atoms with Crippen LogP contribution < -0.4 is 5.73 Å². The van der Waals surface area contributed by atoms with E-state index in [0.717, 1.165) is 6.42 Å². The van der Waals surface area contributed by atoms with Crippen LogP contribution in [-0.4, -0.2) is 30.1 Å². The maximum Gasteiger partial charge on any atom is 0.285 e. The Hall–Kier alpha value is -1.00. The molecule has 1 unspecified atom stereocenters. The van der Waals surface area contributed by atoms with Crippen molar-refractivity contribution in [1.82, 2.24) is 4.90 Å². The molecule has 108 valence electrons. The number of nitrogens with two attached hydrogens (primary N) is 1. The van der Waals surface area contributed by atoms with Crippen LogP contribution in [0.2, 0.25) is 0 Å². The van der Waals surface area contributed by atoms with Crippen LogP contribution in [0.3, 0.4) is 0 Å². The third kappa shape index (κ3) is 3.74. The number of benzene rings is 1. The van der Waals surface area contributed by atoms with E-state index in [1.807, 2.05) is 20.8 Å². The summed E-state index contributed by atoms with van der Waals surface area (Å²) >= 11 is 0. The highest BCUT2D eigenvalue weighted by molar-refractivity contribution is 5.20. The SMILES string of the molecule is CCN(CC(F)(F)c1ccccc1)C(C)(CC)CN. The maximum atomic E-state index is 14.3. The Morgan fingerprint density at radius 1 is 1.16 bits per heavy atom. The third-order valence-electron chi connectivity index (χ3n) is 3.93. The normalized spacial score (nSPS) is 15.5. The van der Waals surface area contributed by atoms with Gasteiger partial charge in [-0.1, -0.05) is 44.2 Å². The van der Waals surface area contributed by atoms with Gasteiger partial charge in [0.2, 0.25) is 0 Å². The summed E-state index contributed by atoms with van der Waals surface area (Å²) < 4.78 is 28.6. The molecule has 1 rings (SSSR count). The van der Waals surface area contributed by atoms with Crippen molar-refractivity contribution in [3.63, 3.8) is 0 Å². The quantitative estimate of drug-likeness (QED) is 0.824. The number of halogens is 2. The Labute approximate surface area is 114 Å². The molecule has 1 atom stereocenters. The van der Waals surface area contributed by atoms with Crippen LogP contribution in [0.4, 0.5) is 8.78 Å². The standard InChI is InChI=1S/C15H24F2N2/c1-4-14(3,11-18)19(5-2)12-15(16,17)13-9-7-6-8-10-13/h6-10H,4-5,11-12,18H2,1-3H3. The minimum atomic E-state index is -2.86. The number of hydrogen-bond donors (Lipinski definition) is 1. The lowest BCUT2D eigenvalue weighted by Crippen LogP contribution is -2.54. The summed E-state index contributed by atoms with van der Waals surface area (Å²) in [5.74, 6) is -2.86. The molecule has 0 amide bonds. The third-order valence-corrected chi connectivity index (χ3v) is 3.93. The van der Waals surface area contributed by atoms with Crippen molar-refractivity contribution in [2.24, 2.45) is 5.73 Å². The van der Waals surface area contributed by atoms with Gasteiger partial charge in [-0.05, 0) is 19.9 Å². The van der Waals surface area contributed by atoms with Crippen LogP contribution in [0.25, 0.3) is 0 Å². The Kier molecular flexibility index (Phi) is 5.44. The highest BCUT2D eigenvalue weighted by Gasteiger charge is 2.38. The van der Waals surface area contributed by atoms with E-state index in [4.69, 9.17) is 5.73 Å². The first-order valence-electron chi connectivity index (χ1n) is 6.78. The van der Waals surface area contributed by atoms with Crippen LogP contribution in [0.1, 0.15) is 32.8 Å². The fourth-order valence-corrected chi connectivity index (χ4v) is 2.19. The second kappa shape index (κ2) is 6.44. The average Bonchev–Trinajstić information content (AvgIpc) is 2.45. The van der Waals surface area contributed by atoms with E-state index in [-0.39, 0.29) is 17.6 Å². The zero-order valence-corrected chi connectivity index (χ0v) is 12.0. The largest absolute Gasteiger partial charge is 0.329 e. The monoisotopic (exact) mass is 270 g/mol. The molecule has 1 aromatic carbocycles. The average molecular weight is 270 g/mol. The predicted octanol–water partition coefficient (Wildman–Crippen LogP) is 3.23. The zero-order chi connectivity index (χ0) is 14.5. The minimum Gasteiger partial charge on any atom is -0.329 e. The van der Waals surface area contributed by atoms with Crippen molar-refractivity contribution >= 4 is 0 Å². The number of rotatable bonds is 7. The van der Waals surface area contributed by atoms with Crippen LogP contribution in [0, 0.1) is 0 Å². The van der Waals surface area contributed by atoms with Crippen LogP contribution in [0.5, 0.6) is 0 Å². The molecule has 0 fully saturated rings. The summed E-state index contributed by atoms with van der Waals surface area (Å²) in [5, 5.41) is 0. The van der Waals surface area contributed by atoms with Crippen molar-refractivity contribution in [3.05, 3.63) is 35.9 Å². The van der Waals surface area contributed by atoms with Crippen molar-refractivity contribution < 1.29 is 8.78 Å². The number of alkyl halides is 2. The number of likely N-dealkylation sites (N-methyl/N-ethyl adjacent to an activating group) is 1. The van der Waals surface area contributed by atoms with E-state index in [1.165, 1.54) is 12.1 Å². The van der Waals surface area contributed by atoms with Crippen LogP contribution in [0.15, 0.2) is 30.3 Å². The maximum absolute atomic E-state index is 14.3. The second-order valence-electron chi connectivity index (χ2n) is 5.14. The highest BCUT2D eigenvalue weighted by atomic mass is 19.3. The molecule has 0 radical (unpaired) electrons. The zero-order valence-electron chi connectivity index (χ0n) is 12.0. The van der Waals surface area contributed by atoms with E-state index < -0.39 is 5.92 Å². The molecule has 0 aliphatic heterocycles. The van der Waals surface area contributed by atoms with Gasteiger partial charge in [0.1, 0.15) is 0 Å². The molecule has 2 nitrogen and oxygen atoms in total. The van der Waals surface area contributed by atoms with E-state index >= 15 is 0 Å². The molecule has 0 heterocycles. The molecule has 2 N–H and O–H groups in total. The summed E-state index contributed by atoms with van der Waals surface area (Å²) in [6.45, 7) is 6.46. The molecule has 0 bridgehead atoms. The number of nitrogens with zero attached hydrogens (tertiary/aromatic N) is 1. The Morgan fingerprint density at radius 2 is 1.74 bits per heavy atom. The molecular formula is C15H24F2N2. The smallest absolute Gasteiger partial charge is 0.285 e. The first-order valence-corrected chi connectivity index (χ1v) is 6.78. The lowest BCUT2D eigenvalue weighted by atomic mass is 9.95. The first-order chi connectivity index (χ1) is 8.89. The van der Waals surface area contributed by atoms with E-state index in [1.54, 1.807) is 23.1 Å². The minimum absolute atomic E-state index is 0.0592. The van der Waals surface area contributed by atoms with Gasteiger partial charge in [0.15, 0.2) is 0 Å². The first kappa shape index (κ1) is 16.1. The van der Waals surface area contributed by atoms with Gasteiger partial charge in [0.05, 0.1) is 6.54 Å². The summed E-state index contributed by atoms with van der Waals surface area (Å²) in [4.78, 5) is 1.78. The topological polar surface area (TPSA) is 29.3 Å². The van der Waals surface area contributed by atoms with Crippen molar-refractivity contribution in [3.8, 4) is 0 Å². The summed E-state index contributed by atoms with van der Waals surface area (Å²) in [6, 6.07) is 7.97. The Balaban J connectivity index is 2.92. The fraction of sp³-hybridized carbons (Fsp3) is 0.600. The molecule has 0 spiro atoms. The van der Waals surface area contributed by atoms with Gasteiger partial charge in [-0.3, -0.25) is 4.90 Å². The highest BCUT2D eigenvalue weighted by Crippen LogP contribution is 2.31. The Morgan fingerprint density at radius 3 is 2.16 bits per heavy atom. The van der Waals surface area contributed by atoms with E-state index in [2.05, 4.69) is 0 Å². The van der Waals surface area contributed by atoms with Gasteiger partial charge >= 0.3 is 0 Å².